The summed E-state index contributed by atoms with van der Waals surface area (Å²) in [5, 5.41) is 12.9. The van der Waals surface area contributed by atoms with Crippen LogP contribution in [-0.4, -0.2) is 9.55 Å². The Morgan fingerprint density at radius 3 is 3.10 bits per heavy atom. The van der Waals surface area contributed by atoms with Gasteiger partial charge in [-0.15, -0.1) is 0 Å². The maximum atomic E-state index is 9.10. The molecule has 0 aliphatic carbocycles. The van der Waals surface area contributed by atoms with E-state index in [-0.39, 0.29) is 0 Å². The lowest BCUT2D eigenvalue weighted by molar-refractivity contribution is 0.522. The highest BCUT2D eigenvalue weighted by Gasteiger charge is 2.12. The van der Waals surface area contributed by atoms with Crippen LogP contribution in [0.3, 0.4) is 0 Å². The van der Waals surface area contributed by atoms with Gasteiger partial charge in [0, 0.05) is 24.2 Å². The molecule has 102 valence electrons. The Hall–Kier alpha value is -1.99. The first-order valence-corrected chi connectivity index (χ1v) is 7.12. The minimum Gasteiger partial charge on any atom is -0.378 e. The van der Waals surface area contributed by atoms with E-state index in [1.165, 1.54) is 18.7 Å². The van der Waals surface area contributed by atoms with E-state index in [0.717, 1.165) is 24.3 Å². The van der Waals surface area contributed by atoms with Crippen molar-refractivity contribution in [3.05, 3.63) is 46.5 Å². The summed E-state index contributed by atoms with van der Waals surface area (Å²) in [6, 6.07) is 7.43. The fourth-order valence-corrected chi connectivity index (χ4v) is 2.68. The second-order valence-electron chi connectivity index (χ2n) is 4.95. The number of aromatic nitrogens is 2. The summed E-state index contributed by atoms with van der Waals surface area (Å²) in [5.74, 6) is 1.17. The molecule has 1 aliphatic heterocycles. The molecule has 3 rings (SSSR count). The molecule has 0 saturated heterocycles. The molecular weight excluding hydrogens is 272 g/mol. The van der Waals surface area contributed by atoms with Crippen molar-refractivity contribution in [1.29, 1.82) is 5.26 Å². The predicted molar refractivity (Wildman–Crippen MR) is 78.7 cm³/mol. The van der Waals surface area contributed by atoms with Crippen molar-refractivity contribution in [1.82, 2.24) is 9.55 Å². The van der Waals surface area contributed by atoms with E-state index in [1.807, 2.05) is 6.07 Å². The van der Waals surface area contributed by atoms with Crippen LogP contribution in [0.1, 0.15) is 29.9 Å². The molecule has 0 unspecified atom stereocenters. The van der Waals surface area contributed by atoms with Gasteiger partial charge in [-0.05, 0) is 31.0 Å². The number of fused-ring (bicyclic) bond motifs is 1. The summed E-state index contributed by atoms with van der Waals surface area (Å²) in [5.41, 5.74) is 2.37. The molecule has 0 spiro atoms. The highest BCUT2D eigenvalue weighted by atomic mass is 35.5. The van der Waals surface area contributed by atoms with Crippen molar-refractivity contribution < 1.29 is 0 Å². The SMILES string of the molecule is N#Cc1cc(Cl)ccc1NCc1cn2c(n1)CCCC2. The van der Waals surface area contributed by atoms with Crippen molar-refractivity contribution in [3.8, 4) is 6.07 Å². The zero-order valence-electron chi connectivity index (χ0n) is 11.1. The second kappa shape index (κ2) is 5.56. The second-order valence-corrected chi connectivity index (χ2v) is 5.39. The number of nitrogens with zero attached hydrogens (tertiary/aromatic N) is 3. The molecular formula is C15H15ClN4. The molecule has 2 heterocycles. The minimum atomic E-state index is 0.557. The molecule has 0 radical (unpaired) electrons. The maximum absolute atomic E-state index is 9.10. The van der Waals surface area contributed by atoms with Gasteiger partial charge < -0.3 is 9.88 Å². The van der Waals surface area contributed by atoms with E-state index in [1.54, 1.807) is 12.1 Å². The Kier molecular flexibility index (Phi) is 3.62. The first kappa shape index (κ1) is 13.0. The largest absolute Gasteiger partial charge is 0.378 e. The lowest BCUT2D eigenvalue weighted by Gasteiger charge is -2.11. The molecule has 2 aromatic rings. The van der Waals surface area contributed by atoms with Crippen molar-refractivity contribution in [3.63, 3.8) is 0 Å². The molecule has 20 heavy (non-hydrogen) atoms. The minimum absolute atomic E-state index is 0.557. The van der Waals surface area contributed by atoms with Crippen LogP contribution in [0.2, 0.25) is 5.02 Å². The zero-order valence-corrected chi connectivity index (χ0v) is 11.8. The number of nitriles is 1. The van der Waals surface area contributed by atoms with Crippen molar-refractivity contribution in [2.45, 2.75) is 32.4 Å². The topological polar surface area (TPSA) is 53.6 Å². The van der Waals surface area contributed by atoms with E-state index in [2.05, 4.69) is 27.1 Å². The van der Waals surface area contributed by atoms with Crippen LogP contribution in [0.25, 0.3) is 0 Å². The van der Waals surface area contributed by atoms with Crippen LogP contribution in [0.5, 0.6) is 0 Å². The standard InChI is InChI=1S/C15H15ClN4/c16-12-4-5-14(11(7-12)8-17)18-9-13-10-20-6-2-1-3-15(20)19-13/h4-5,7,10,18H,1-3,6,9H2. The summed E-state index contributed by atoms with van der Waals surface area (Å²) >= 11 is 5.89. The summed E-state index contributed by atoms with van der Waals surface area (Å²) in [4.78, 5) is 4.63. The maximum Gasteiger partial charge on any atom is 0.109 e. The number of imidazole rings is 1. The normalized spacial score (nSPS) is 13.6. The van der Waals surface area contributed by atoms with Gasteiger partial charge in [-0.1, -0.05) is 11.6 Å². The third-order valence-corrected chi connectivity index (χ3v) is 3.76. The fraction of sp³-hybridized carbons (Fsp3) is 0.333. The monoisotopic (exact) mass is 286 g/mol. The summed E-state index contributed by atoms with van der Waals surface area (Å²) in [6.45, 7) is 1.68. The number of benzene rings is 1. The first-order chi connectivity index (χ1) is 9.76. The Bertz CT molecular complexity index is 645. The Balaban J connectivity index is 1.73. The molecule has 1 N–H and O–H groups in total. The van der Waals surface area contributed by atoms with E-state index in [4.69, 9.17) is 16.9 Å². The van der Waals surface area contributed by atoms with Gasteiger partial charge in [0.2, 0.25) is 0 Å². The summed E-state index contributed by atoms with van der Waals surface area (Å²) in [7, 11) is 0. The van der Waals surface area contributed by atoms with Crippen LogP contribution in [-0.2, 0) is 19.5 Å². The van der Waals surface area contributed by atoms with E-state index >= 15 is 0 Å². The molecule has 5 heteroatoms. The van der Waals surface area contributed by atoms with Crippen LogP contribution in [0, 0.1) is 11.3 Å². The third kappa shape index (κ3) is 2.63. The molecule has 0 fully saturated rings. The Morgan fingerprint density at radius 2 is 2.30 bits per heavy atom. The van der Waals surface area contributed by atoms with Gasteiger partial charge in [0.1, 0.15) is 11.9 Å². The van der Waals surface area contributed by atoms with Crippen LogP contribution in [0.4, 0.5) is 5.69 Å². The first-order valence-electron chi connectivity index (χ1n) is 6.75. The van der Waals surface area contributed by atoms with Gasteiger partial charge in [-0.25, -0.2) is 4.98 Å². The molecule has 0 bridgehead atoms. The van der Waals surface area contributed by atoms with E-state index in [9.17, 15) is 0 Å². The summed E-state index contributed by atoms with van der Waals surface area (Å²) < 4.78 is 2.23. The number of anilines is 1. The van der Waals surface area contributed by atoms with Crippen molar-refractivity contribution in [2.24, 2.45) is 0 Å². The lowest BCUT2D eigenvalue weighted by atomic mass is 10.2. The van der Waals surface area contributed by atoms with Crippen molar-refractivity contribution in [2.75, 3.05) is 5.32 Å². The molecule has 0 amide bonds. The van der Waals surface area contributed by atoms with E-state index in [0.29, 0.717) is 17.1 Å². The molecule has 1 aromatic carbocycles. The number of aryl methyl sites for hydroxylation is 2. The highest BCUT2D eigenvalue weighted by Crippen LogP contribution is 2.21. The lowest BCUT2D eigenvalue weighted by Crippen LogP contribution is -2.08. The van der Waals surface area contributed by atoms with Gasteiger partial charge in [-0.3, -0.25) is 0 Å². The van der Waals surface area contributed by atoms with Gasteiger partial charge in [0.25, 0.3) is 0 Å². The smallest absolute Gasteiger partial charge is 0.109 e. The number of nitrogens with one attached hydrogen (secondary N) is 1. The average Bonchev–Trinajstić information content (AvgIpc) is 2.88. The third-order valence-electron chi connectivity index (χ3n) is 3.52. The average molecular weight is 287 g/mol. The van der Waals surface area contributed by atoms with Crippen LogP contribution < -0.4 is 5.32 Å². The van der Waals surface area contributed by atoms with Gasteiger partial charge in [0.05, 0.1) is 23.5 Å². The quantitative estimate of drug-likeness (QED) is 0.941. The number of rotatable bonds is 3. The van der Waals surface area contributed by atoms with E-state index < -0.39 is 0 Å². The molecule has 4 nitrogen and oxygen atoms in total. The van der Waals surface area contributed by atoms with Crippen LogP contribution in [0.15, 0.2) is 24.4 Å². The van der Waals surface area contributed by atoms with Crippen molar-refractivity contribution >= 4 is 17.3 Å². The zero-order chi connectivity index (χ0) is 13.9. The number of hydrogen-bond donors (Lipinski definition) is 1. The van der Waals surface area contributed by atoms with Gasteiger partial charge in [0.15, 0.2) is 0 Å². The van der Waals surface area contributed by atoms with Crippen LogP contribution >= 0.6 is 11.6 Å². The molecule has 1 aliphatic rings. The van der Waals surface area contributed by atoms with Gasteiger partial charge >= 0.3 is 0 Å². The predicted octanol–water partition coefficient (Wildman–Crippen LogP) is 3.36. The Labute approximate surface area is 123 Å². The summed E-state index contributed by atoms with van der Waals surface area (Å²) in [6.07, 6.45) is 5.61. The molecule has 0 saturated carbocycles. The Morgan fingerprint density at radius 1 is 1.40 bits per heavy atom. The number of hydrogen-bond acceptors (Lipinski definition) is 3. The fourth-order valence-electron chi connectivity index (χ4n) is 2.51. The molecule has 1 aromatic heterocycles. The highest BCUT2D eigenvalue weighted by molar-refractivity contribution is 6.30. The molecule has 0 atom stereocenters. The van der Waals surface area contributed by atoms with Gasteiger partial charge in [-0.2, -0.15) is 5.26 Å². The number of halogens is 1.